The minimum Gasteiger partial charge on any atom is -0.465 e. The van der Waals surface area contributed by atoms with Crippen molar-refractivity contribution in [3.63, 3.8) is 0 Å². The number of methoxy groups -OCH3 is 1. The van der Waals surface area contributed by atoms with Crippen LogP contribution in [0.25, 0.3) is 0 Å². The Morgan fingerprint density at radius 2 is 1.69 bits per heavy atom. The van der Waals surface area contributed by atoms with Crippen LogP contribution in [-0.2, 0) is 9.53 Å². The fourth-order valence-electron chi connectivity index (χ4n) is 2.83. The van der Waals surface area contributed by atoms with Crippen molar-refractivity contribution in [2.75, 3.05) is 19.0 Å². The number of esters is 1. The average molecular weight is 357 g/mol. The molecule has 0 aliphatic rings. The van der Waals surface area contributed by atoms with E-state index in [1.165, 1.54) is 7.11 Å². The summed E-state index contributed by atoms with van der Waals surface area (Å²) in [5.74, 6) is -1.30. The molecule has 1 aromatic carbocycles. The fourth-order valence-corrected chi connectivity index (χ4v) is 2.83. The summed E-state index contributed by atoms with van der Waals surface area (Å²) >= 11 is 0. The molecule has 2 rings (SSSR count). The number of aromatic nitrogens is 1. The van der Waals surface area contributed by atoms with Gasteiger partial charge in [-0.2, -0.15) is 0 Å². The highest BCUT2D eigenvalue weighted by atomic mass is 16.5. The van der Waals surface area contributed by atoms with Gasteiger partial charge >= 0.3 is 5.97 Å². The third-order valence-corrected chi connectivity index (χ3v) is 4.21. The molecule has 1 heterocycles. The van der Waals surface area contributed by atoms with Gasteiger partial charge in [0.2, 0.25) is 5.91 Å². The van der Waals surface area contributed by atoms with E-state index in [1.807, 2.05) is 32.0 Å². The lowest BCUT2D eigenvalue weighted by Crippen LogP contribution is -2.33. The highest BCUT2D eigenvalue weighted by Crippen LogP contribution is 2.20. The Kier molecular flexibility index (Phi) is 5.82. The molecule has 0 aliphatic carbocycles. The second kappa shape index (κ2) is 7.86. The average Bonchev–Trinajstić information content (AvgIpc) is 2.90. The molecule has 7 heteroatoms. The lowest BCUT2D eigenvalue weighted by Gasteiger charge is -2.12. The van der Waals surface area contributed by atoms with Gasteiger partial charge in [0.1, 0.15) is 5.69 Å². The van der Waals surface area contributed by atoms with Crippen LogP contribution < -0.4 is 10.6 Å². The van der Waals surface area contributed by atoms with Gasteiger partial charge in [-0.3, -0.25) is 9.59 Å². The molecule has 0 aliphatic heterocycles. The van der Waals surface area contributed by atoms with Crippen molar-refractivity contribution in [3.8, 4) is 0 Å². The van der Waals surface area contributed by atoms with Gasteiger partial charge in [-0.25, -0.2) is 4.79 Å². The Labute approximate surface area is 152 Å². The van der Waals surface area contributed by atoms with Crippen LogP contribution in [-0.4, -0.2) is 36.4 Å². The number of carbonyl (C=O) groups is 3. The minimum absolute atomic E-state index is 0.183. The SMILES string of the molecule is COC(=O)c1c(C)[nH]c(C(=O)NCC(=O)Nc2c(C)cccc2C)c1C. The van der Waals surface area contributed by atoms with Crippen molar-refractivity contribution >= 4 is 23.5 Å². The van der Waals surface area contributed by atoms with E-state index in [4.69, 9.17) is 4.74 Å². The summed E-state index contributed by atoms with van der Waals surface area (Å²) in [5, 5.41) is 5.37. The minimum atomic E-state index is -0.511. The van der Waals surface area contributed by atoms with Gasteiger partial charge in [0.15, 0.2) is 0 Å². The molecule has 0 saturated heterocycles. The summed E-state index contributed by atoms with van der Waals surface area (Å²) < 4.78 is 4.72. The second-order valence-electron chi connectivity index (χ2n) is 6.11. The molecule has 0 atom stereocenters. The Bertz CT molecular complexity index is 848. The zero-order chi connectivity index (χ0) is 19.4. The maximum atomic E-state index is 12.4. The fraction of sp³-hybridized carbons (Fsp3) is 0.316. The normalized spacial score (nSPS) is 10.3. The molecule has 0 radical (unpaired) electrons. The largest absolute Gasteiger partial charge is 0.465 e. The number of amides is 2. The second-order valence-corrected chi connectivity index (χ2v) is 6.11. The molecule has 26 heavy (non-hydrogen) atoms. The Balaban J connectivity index is 2.05. The molecule has 3 N–H and O–H groups in total. The monoisotopic (exact) mass is 357 g/mol. The zero-order valence-corrected chi connectivity index (χ0v) is 15.6. The number of aromatic amines is 1. The highest BCUT2D eigenvalue weighted by Gasteiger charge is 2.22. The summed E-state index contributed by atoms with van der Waals surface area (Å²) in [6, 6.07) is 5.72. The first-order valence-electron chi connectivity index (χ1n) is 8.18. The number of nitrogens with one attached hydrogen (secondary N) is 3. The van der Waals surface area contributed by atoms with Gasteiger partial charge in [-0.15, -0.1) is 0 Å². The van der Waals surface area contributed by atoms with E-state index < -0.39 is 11.9 Å². The van der Waals surface area contributed by atoms with E-state index in [0.29, 0.717) is 16.8 Å². The molecule has 7 nitrogen and oxygen atoms in total. The van der Waals surface area contributed by atoms with Crippen LogP contribution >= 0.6 is 0 Å². The number of benzene rings is 1. The first-order valence-corrected chi connectivity index (χ1v) is 8.18. The van der Waals surface area contributed by atoms with Gasteiger partial charge in [0, 0.05) is 11.4 Å². The lowest BCUT2D eigenvalue weighted by molar-refractivity contribution is -0.115. The Hall–Kier alpha value is -3.09. The van der Waals surface area contributed by atoms with Gasteiger partial charge in [-0.05, 0) is 44.4 Å². The molecule has 138 valence electrons. The number of aryl methyl sites for hydroxylation is 3. The van der Waals surface area contributed by atoms with E-state index in [-0.39, 0.29) is 18.1 Å². The molecule has 0 fully saturated rings. The van der Waals surface area contributed by atoms with E-state index in [9.17, 15) is 14.4 Å². The first kappa shape index (κ1) is 19.2. The van der Waals surface area contributed by atoms with Crippen LogP contribution in [0.5, 0.6) is 0 Å². The molecule has 2 aromatic rings. The van der Waals surface area contributed by atoms with Gasteiger partial charge < -0.3 is 20.4 Å². The molecule has 1 aromatic heterocycles. The molecule has 2 amide bonds. The Morgan fingerprint density at radius 1 is 1.08 bits per heavy atom. The third kappa shape index (κ3) is 3.93. The summed E-state index contributed by atoms with van der Waals surface area (Å²) in [5.41, 5.74) is 4.24. The molecular weight excluding hydrogens is 334 g/mol. The number of ether oxygens (including phenoxy) is 1. The number of hydrogen-bond acceptors (Lipinski definition) is 4. The topological polar surface area (TPSA) is 100 Å². The summed E-state index contributed by atoms with van der Waals surface area (Å²) in [6.45, 7) is 6.96. The molecular formula is C19H23N3O4. The van der Waals surface area contributed by atoms with Crippen LogP contribution in [0.4, 0.5) is 5.69 Å². The van der Waals surface area contributed by atoms with Crippen LogP contribution in [0.15, 0.2) is 18.2 Å². The Morgan fingerprint density at radius 3 is 2.27 bits per heavy atom. The van der Waals surface area contributed by atoms with Crippen molar-refractivity contribution in [2.24, 2.45) is 0 Å². The van der Waals surface area contributed by atoms with E-state index in [0.717, 1.165) is 16.8 Å². The van der Waals surface area contributed by atoms with E-state index in [1.54, 1.807) is 13.8 Å². The number of para-hydroxylation sites is 1. The van der Waals surface area contributed by atoms with Crippen molar-refractivity contribution in [1.29, 1.82) is 0 Å². The first-order chi connectivity index (χ1) is 12.3. The van der Waals surface area contributed by atoms with Crippen molar-refractivity contribution in [3.05, 3.63) is 51.8 Å². The molecule has 0 unspecified atom stereocenters. The molecule has 0 saturated carbocycles. The smallest absolute Gasteiger partial charge is 0.339 e. The van der Waals surface area contributed by atoms with Crippen molar-refractivity contribution in [1.82, 2.24) is 10.3 Å². The number of rotatable bonds is 5. The van der Waals surface area contributed by atoms with Gasteiger partial charge in [-0.1, -0.05) is 18.2 Å². The van der Waals surface area contributed by atoms with Crippen LogP contribution in [0, 0.1) is 27.7 Å². The van der Waals surface area contributed by atoms with Crippen molar-refractivity contribution < 1.29 is 19.1 Å². The molecule has 0 bridgehead atoms. The maximum Gasteiger partial charge on any atom is 0.339 e. The third-order valence-electron chi connectivity index (χ3n) is 4.21. The molecule has 0 spiro atoms. The van der Waals surface area contributed by atoms with E-state index >= 15 is 0 Å². The van der Waals surface area contributed by atoms with Crippen LogP contribution in [0.1, 0.15) is 43.2 Å². The number of carbonyl (C=O) groups excluding carboxylic acids is 3. The predicted octanol–water partition coefficient (Wildman–Crippen LogP) is 2.40. The summed E-state index contributed by atoms with van der Waals surface area (Å²) in [4.78, 5) is 39.2. The van der Waals surface area contributed by atoms with Crippen LogP contribution in [0.3, 0.4) is 0 Å². The van der Waals surface area contributed by atoms with Crippen LogP contribution in [0.2, 0.25) is 0 Å². The maximum absolute atomic E-state index is 12.4. The summed E-state index contributed by atoms with van der Waals surface area (Å²) in [6.07, 6.45) is 0. The zero-order valence-electron chi connectivity index (χ0n) is 15.6. The number of hydrogen-bond donors (Lipinski definition) is 3. The van der Waals surface area contributed by atoms with Crippen molar-refractivity contribution in [2.45, 2.75) is 27.7 Å². The quantitative estimate of drug-likeness (QED) is 0.715. The summed E-state index contributed by atoms with van der Waals surface area (Å²) in [7, 11) is 1.28. The predicted molar refractivity (Wildman–Crippen MR) is 98.5 cm³/mol. The highest BCUT2D eigenvalue weighted by molar-refractivity contribution is 6.02. The number of anilines is 1. The van der Waals surface area contributed by atoms with E-state index in [2.05, 4.69) is 15.6 Å². The lowest BCUT2D eigenvalue weighted by atomic mass is 10.1. The standard InChI is InChI=1S/C19H23N3O4/c1-10-7-6-8-11(2)16(10)22-14(23)9-20-18(24)17-12(3)15(13(4)21-17)19(25)26-5/h6-8,21H,9H2,1-5H3,(H,20,24)(H,22,23). The van der Waals surface area contributed by atoms with Gasteiger partial charge in [0.25, 0.3) is 5.91 Å². The number of H-pyrrole nitrogens is 1. The van der Waals surface area contributed by atoms with Gasteiger partial charge in [0.05, 0.1) is 19.2 Å².